The Kier molecular flexibility index (Phi) is 4.27. The summed E-state index contributed by atoms with van der Waals surface area (Å²) in [7, 11) is 0. The van der Waals surface area contributed by atoms with Gasteiger partial charge in [-0.15, -0.1) is 0 Å². The van der Waals surface area contributed by atoms with Crippen LogP contribution in [-0.4, -0.2) is 53.6 Å². The average Bonchev–Trinajstić information content (AvgIpc) is 2.80. The van der Waals surface area contributed by atoms with Crippen LogP contribution in [0.1, 0.15) is 19.8 Å². The van der Waals surface area contributed by atoms with Gasteiger partial charge in [-0.2, -0.15) is 0 Å². The van der Waals surface area contributed by atoms with Gasteiger partial charge >= 0.3 is 5.97 Å². The van der Waals surface area contributed by atoms with Crippen LogP contribution in [0.25, 0.3) is 0 Å². The third-order valence-electron chi connectivity index (χ3n) is 4.17. The van der Waals surface area contributed by atoms with E-state index in [0.717, 1.165) is 0 Å². The molecule has 1 saturated carbocycles. The first-order valence-corrected chi connectivity index (χ1v) is 6.82. The van der Waals surface area contributed by atoms with Crippen LogP contribution in [0.15, 0.2) is 0 Å². The van der Waals surface area contributed by atoms with E-state index < -0.39 is 29.8 Å². The lowest BCUT2D eigenvalue weighted by Gasteiger charge is -2.35. The van der Waals surface area contributed by atoms with Crippen molar-refractivity contribution < 1.29 is 24.2 Å². The van der Waals surface area contributed by atoms with Crippen LogP contribution >= 0.6 is 0 Å². The summed E-state index contributed by atoms with van der Waals surface area (Å²) in [5.41, 5.74) is 5.29. The molecule has 0 spiro atoms. The summed E-state index contributed by atoms with van der Waals surface area (Å²) in [5.74, 6) is -2.89. The van der Waals surface area contributed by atoms with E-state index in [1.54, 1.807) is 0 Å². The molecule has 0 aromatic carbocycles. The molecule has 2 amide bonds. The lowest BCUT2D eigenvalue weighted by molar-refractivity contribution is -0.155. The molecule has 112 valence electrons. The molecule has 3 N–H and O–H groups in total. The van der Waals surface area contributed by atoms with Crippen LogP contribution in [0.3, 0.4) is 0 Å². The average molecular weight is 284 g/mol. The van der Waals surface area contributed by atoms with Gasteiger partial charge in [0, 0.05) is 6.54 Å². The van der Waals surface area contributed by atoms with Gasteiger partial charge in [-0.05, 0) is 18.8 Å². The standard InChI is InChI=1S/C13H20N2O5/c1-7-4-8(9(5-7)13(18)19)12(17)15-2-3-20-6-10(15)11(14)16/h7-10H,2-6H2,1H3,(H2,14,16)(H,18,19). The number of ether oxygens (including phenoxy) is 1. The molecule has 2 fully saturated rings. The largest absolute Gasteiger partial charge is 0.481 e. The monoisotopic (exact) mass is 284 g/mol. The predicted octanol–water partition coefficient (Wildman–Crippen LogP) is -0.554. The smallest absolute Gasteiger partial charge is 0.307 e. The van der Waals surface area contributed by atoms with Gasteiger partial charge in [-0.25, -0.2) is 0 Å². The van der Waals surface area contributed by atoms with E-state index in [1.807, 2.05) is 6.92 Å². The molecule has 2 aliphatic rings. The second-order valence-electron chi connectivity index (χ2n) is 5.65. The molecule has 0 radical (unpaired) electrons. The summed E-state index contributed by atoms with van der Waals surface area (Å²) in [6.45, 7) is 2.65. The first kappa shape index (κ1) is 14.8. The molecule has 0 aromatic rings. The van der Waals surface area contributed by atoms with E-state index in [9.17, 15) is 19.5 Å². The summed E-state index contributed by atoms with van der Waals surface area (Å²) in [4.78, 5) is 36.6. The van der Waals surface area contributed by atoms with Gasteiger partial charge in [0.05, 0.1) is 25.0 Å². The highest BCUT2D eigenvalue weighted by Gasteiger charge is 2.45. The van der Waals surface area contributed by atoms with Crippen LogP contribution in [0.5, 0.6) is 0 Å². The number of morpholine rings is 1. The molecule has 1 aliphatic heterocycles. The maximum atomic E-state index is 12.6. The molecule has 4 atom stereocenters. The van der Waals surface area contributed by atoms with E-state index in [0.29, 0.717) is 19.4 Å². The molecule has 2 rings (SSSR count). The molecule has 20 heavy (non-hydrogen) atoms. The van der Waals surface area contributed by atoms with Crippen molar-refractivity contribution in [1.29, 1.82) is 0 Å². The summed E-state index contributed by atoms with van der Waals surface area (Å²) >= 11 is 0. The quantitative estimate of drug-likeness (QED) is 0.722. The van der Waals surface area contributed by atoms with Gasteiger partial charge in [0.25, 0.3) is 0 Å². The zero-order valence-electron chi connectivity index (χ0n) is 11.4. The van der Waals surface area contributed by atoms with Crippen molar-refractivity contribution in [3.63, 3.8) is 0 Å². The minimum Gasteiger partial charge on any atom is -0.481 e. The van der Waals surface area contributed by atoms with Gasteiger partial charge in [-0.1, -0.05) is 6.92 Å². The minimum absolute atomic E-state index is 0.0844. The molecule has 1 saturated heterocycles. The lowest BCUT2D eigenvalue weighted by Crippen LogP contribution is -2.56. The van der Waals surface area contributed by atoms with Gasteiger partial charge in [0.2, 0.25) is 11.8 Å². The van der Waals surface area contributed by atoms with Crippen LogP contribution in [0, 0.1) is 17.8 Å². The van der Waals surface area contributed by atoms with E-state index in [1.165, 1.54) is 4.90 Å². The van der Waals surface area contributed by atoms with Gasteiger partial charge in [0.1, 0.15) is 6.04 Å². The molecule has 1 heterocycles. The van der Waals surface area contributed by atoms with E-state index in [-0.39, 0.29) is 25.0 Å². The number of carbonyl (C=O) groups excluding carboxylic acids is 2. The Hall–Kier alpha value is -1.63. The third-order valence-corrected chi connectivity index (χ3v) is 4.17. The molecule has 1 aliphatic carbocycles. The van der Waals surface area contributed by atoms with Gasteiger partial charge < -0.3 is 20.5 Å². The highest BCUT2D eigenvalue weighted by atomic mass is 16.5. The number of nitrogens with two attached hydrogens (primary N) is 1. The number of nitrogens with zero attached hydrogens (tertiary/aromatic N) is 1. The number of hydrogen-bond acceptors (Lipinski definition) is 4. The fraction of sp³-hybridized carbons (Fsp3) is 0.769. The zero-order valence-corrected chi connectivity index (χ0v) is 11.4. The number of aliphatic carboxylic acids is 1. The number of amides is 2. The highest BCUT2D eigenvalue weighted by Crippen LogP contribution is 2.38. The van der Waals surface area contributed by atoms with Crippen molar-refractivity contribution in [2.45, 2.75) is 25.8 Å². The fourth-order valence-electron chi connectivity index (χ4n) is 3.15. The first-order valence-electron chi connectivity index (χ1n) is 6.82. The normalized spacial score (nSPS) is 34.0. The number of primary amides is 1. The first-order chi connectivity index (χ1) is 9.41. The Morgan fingerprint density at radius 2 is 1.90 bits per heavy atom. The van der Waals surface area contributed by atoms with Crippen molar-refractivity contribution >= 4 is 17.8 Å². The Morgan fingerprint density at radius 1 is 1.25 bits per heavy atom. The molecular formula is C13H20N2O5. The number of carbonyl (C=O) groups is 3. The van der Waals surface area contributed by atoms with Crippen LogP contribution < -0.4 is 5.73 Å². The van der Waals surface area contributed by atoms with E-state index in [4.69, 9.17) is 10.5 Å². The van der Waals surface area contributed by atoms with Crippen LogP contribution in [0.2, 0.25) is 0 Å². The summed E-state index contributed by atoms with van der Waals surface area (Å²) in [6.07, 6.45) is 1.04. The number of carboxylic acids is 1. The Balaban J connectivity index is 2.16. The van der Waals surface area contributed by atoms with E-state index >= 15 is 0 Å². The lowest BCUT2D eigenvalue weighted by atomic mass is 9.94. The SMILES string of the molecule is CC1CC(C(=O)O)C(C(=O)N2CCOCC2C(N)=O)C1. The topological polar surface area (TPSA) is 110 Å². The number of hydrogen-bond donors (Lipinski definition) is 2. The Labute approximate surface area is 117 Å². The van der Waals surface area contributed by atoms with Gasteiger partial charge in [0.15, 0.2) is 0 Å². The van der Waals surface area contributed by atoms with Crippen LogP contribution in [-0.2, 0) is 19.1 Å². The predicted molar refractivity (Wildman–Crippen MR) is 68.5 cm³/mol. The molecule has 7 nitrogen and oxygen atoms in total. The molecule has 0 bridgehead atoms. The Bertz CT molecular complexity index is 405. The zero-order chi connectivity index (χ0) is 14.9. The van der Waals surface area contributed by atoms with E-state index in [2.05, 4.69) is 0 Å². The van der Waals surface area contributed by atoms with Crippen molar-refractivity contribution in [2.24, 2.45) is 23.5 Å². The summed E-state index contributed by atoms with van der Waals surface area (Å²) < 4.78 is 5.17. The molecule has 7 heteroatoms. The van der Waals surface area contributed by atoms with Crippen molar-refractivity contribution in [2.75, 3.05) is 19.8 Å². The minimum atomic E-state index is -0.948. The molecule has 0 aromatic heterocycles. The van der Waals surface area contributed by atoms with Crippen molar-refractivity contribution in [3.05, 3.63) is 0 Å². The van der Waals surface area contributed by atoms with Crippen molar-refractivity contribution in [1.82, 2.24) is 4.90 Å². The maximum Gasteiger partial charge on any atom is 0.307 e. The maximum absolute atomic E-state index is 12.6. The van der Waals surface area contributed by atoms with Crippen molar-refractivity contribution in [3.8, 4) is 0 Å². The number of carboxylic acid groups (broad SMARTS) is 1. The summed E-state index contributed by atoms with van der Waals surface area (Å²) in [6, 6.07) is -0.790. The van der Waals surface area contributed by atoms with Gasteiger partial charge in [-0.3, -0.25) is 14.4 Å². The molecular weight excluding hydrogens is 264 g/mol. The molecule has 4 unspecified atom stereocenters. The third kappa shape index (κ3) is 2.77. The Morgan fingerprint density at radius 3 is 2.50 bits per heavy atom. The summed E-state index contributed by atoms with van der Waals surface area (Å²) in [5, 5.41) is 9.24. The number of rotatable bonds is 3. The fourth-order valence-corrected chi connectivity index (χ4v) is 3.15. The van der Waals surface area contributed by atoms with Crippen LogP contribution in [0.4, 0.5) is 0 Å². The second-order valence-corrected chi connectivity index (χ2v) is 5.65. The highest BCUT2D eigenvalue weighted by molar-refractivity contribution is 5.90. The second kappa shape index (κ2) is 5.78.